The summed E-state index contributed by atoms with van der Waals surface area (Å²) in [5, 5.41) is 8.86. The lowest BCUT2D eigenvalue weighted by Crippen LogP contribution is -2.03. The molecule has 0 amide bonds. The first-order chi connectivity index (χ1) is 6.06. The summed E-state index contributed by atoms with van der Waals surface area (Å²) in [6.07, 6.45) is 0. The largest absolute Gasteiger partial charge is 0.396 e. The van der Waals surface area contributed by atoms with Crippen LogP contribution >= 0.6 is 0 Å². The molecule has 0 fully saturated rings. The van der Waals surface area contributed by atoms with E-state index >= 15 is 0 Å². The Bertz CT molecular complexity index is 310. The molecule has 0 aromatic heterocycles. The summed E-state index contributed by atoms with van der Waals surface area (Å²) in [6.45, 7) is 3.40. The van der Waals surface area contributed by atoms with Gasteiger partial charge in [-0.05, 0) is 30.2 Å². The van der Waals surface area contributed by atoms with E-state index < -0.39 is 11.6 Å². The third kappa shape index (κ3) is 2.04. The van der Waals surface area contributed by atoms with Crippen molar-refractivity contribution in [2.24, 2.45) is 0 Å². The molecule has 0 saturated carbocycles. The number of hydrogen-bond acceptors (Lipinski definition) is 1. The maximum absolute atomic E-state index is 12.8. The molecule has 3 heteroatoms. The molecule has 1 N–H and O–H groups in total. The van der Waals surface area contributed by atoms with E-state index in [0.717, 1.165) is 12.1 Å². The van der Waals surface area contributed by atoms with Crippen LogP contribution in [0.2, 0.25) is 0 Å². The minimum atomic E-state index is -0.860. The van der Waals surface area contributed by atoms with Crippen molar-refractivity contribution in [2.75, 3.05) is 6.61 Å². The van der Waals surface area contributed by atoms with Gasteiger partial charge in [0.15, 0.2) is 11.6 Å². The van der Waals surface area contributed by atoms with Crippen molar-refractivity contribution in [2.45, 2.75) is 19.8 Å². The van der Waals surface area contributed by atoms with Gasteiger partial charge in [0.05, 0.1) is 0 Å². The number of benzene rings is 1. The first kappa shape index (κ1) is 10.1. The number of halogens is 2. The first-order valence-corrected chi connectivity index (χ1v) is 4.12. The molecule has 1 unspecified atom stereocenters. The van der Waals surface area contributed by atoms with Crippen LogP contribution in [0.1, 0.15) is 24.0 Å². The van der Waals surface area contributed by atoms with Gasteiger partial charge in [0.2, 0.25) is 0 Å². The summed E-state index contributed by atoms with van der Waals surface area (Å²) in [4.78, 5) is 0. The molecule has 1 atom stereocenters. The van der Waals surface area contributed by atoms with E-state index in [2.05, 4.69) is 0 Å². The molecule has 0 saturated heterocycles. The predicted octanol–water partition coefficient (Wildman–Crippen LogP) is 2.37. The Labute approximate surface area is 76.0 Å². The molecule has 1 rings (SSSR count). The van der Waals surface area contributed by atoms with Crippen LogP contribution in [0.15, 0.2) is 12.1 Å². The van der Waals surface area contributed by atoms with Crippen molar-refractivity contribution in [1.82, 2.24) is 0 Å². The highest BCUT2D eigenvalue weighted by atomic mass is 19.2. The van der Waals surface area contributed by atoms with Crippen molar-refractivity contribution in [1.29, 1.82) is 0 Å². The SMILES string of the molecule is Cc1cc(F)c(F)cc1C(C)CO. The van der Waals surface area contributed by atoms with Gasteiger partial charge in [0.25, 0.3) is 0 Å². The molecule has 0 radical (unpaired) electrons. The van der Waals surface area contributed by atoms with Gasteiger partial charge in [0.1, 0.15) is 0 Å². The van der Waals surface area contributed by atoms with Crippen LogP contribution in [0.5, 0.6) is 0 Å². The zero-order valence-corrected chi connectivity index (χ0v) is 7.64. The van der Waals surface area contributed by atoms with Gasteiger partial charge in [-0.3, -0.25) is 0 Å². The topological polar surface area (TPSA) is 20.2 Å². The van der Waals surface area contributed by atoms with E-state index in [9.17, 15) is 8.78 Å². The van der Waals surface area contributed by atoms with Crippen LogP contribution in [-0.4, -0.2) is 11.7 Å². The Morgan fingerprint density at radius 2 is 1.85 bits per heavy atom. The maximum Gasteiger partial charge on any atom is 0.159 e. The Morgan fingerprint density at radius 1 is 1.31 bits per heavy atom. The average Bonchev–Trinajstić information content (AvgIpc) is 2.10. The fourth-order valence-corrected chi connectivity index (χ4v) is 1.29. The smallest absolute Gasteiger partial charge is 0.159 e. The van der Waals surface area contributed by atoms with Crippen LogP contribution in [-0.2, 0) is 0 Å². The highest BCUT2D eigenvalue weighted by Crippen LogP contribution is 2.21. The van der Waals surface area contributed by atoms with Crippen molar-refractivity contribution < 1.29 is 13.9 Å². The van der Waals surface area contributed by atoms with Crippen LogP contribution < -0.4 is 0 Å². The zero-order valence-electron chi connectivity index (χ0n) is 7.64. The Morgan fingerprint density at radius 3 is 2.38 bits per heavy atom. The van der Waals surface area contributed by atoms with E-state index in [1.165, 1.54) is 0 Å². The van der Waals surface area contributed by atoms with Crippen LogP contribution in [0.4, 0.5) is 8.78 Å². The fraction of sp³-hybridized carbons (Fsp3) is 0.400. The summed E-state index contributed by atoms with van der Waals surface area (Å²) >= 11 is 0. The van der Waals surface area contributed by atoms with Crippen LogP contribution in [0, 0.1) is 18.6 Å². The van der Waals surface area contributed by atoms with Gasteiger partial charge in [-0.15, -0.1) is 0 Å². The lowest BCUT2D eigenvalue weighted by molar-refractivity contribution is 0.272. The van der Waals surface area contributed by atoms with Crippen molar-refractivity contribution in [3.63, 3.8) is 0 Å². The van der Waals surface area contributed by atoms with Gasteiger partial charge in [-0.1, -0.05) is 6.92 Å². The lowest BCUT2D eigenvalue weighted by atomic mass is 9.97. The highest BCUT2D eigenvalue weighted by Gasteiger charge is 2.11. The van der Waals surface area contributed by atoms with E-state index in [0.29, 0.717) is 11.1 Å². The molecule has 13 heavy (non-hydrogen) atoms. The van der Waals surface area contributed by atoms with E-state index in [1.54, 1.807) is 13.8 Å². The highest BCUT2D eigenvalue weighted by molar-refractivity contribution is 5.30. The molecule has 1 aromatic carbocycles. The van der Waals surface area contributed by atoms with Gasteiger partial charge < -0.3 is 5.11 Å². The Hall–Kier alpha value is -0.960. The molecule has 0 aliphatic rings. The summed E-state index contributed by atoms with van der Waals surface area (Å²) in [5.74, 6) is -1.86. The van der Waals surface area contributed by atoms with Crippen LogP contribution in [0.25, 0.3) is 0 Å². The second-order valence-electron chi connectivity index (χ2n) is 3.21. The van der Waals surface area contributed by atoms with Gasteiger partial charge in [0, 0.05) is 12.5 Å². The summed E-state index contributed by atoms with van der Waals surface area (Å²) in [7, 11) is 0. The second kappa shape index (κ2) is 3.83. The minimum absolute atomic E-state index is 0.0636. The Balaban J connectivity index is 3.15. The van der Waals surface area contributed by atoms with E-state index in [4.69, 9.17) is 5.11 Å². The molecule has 0 heterocycles. The minimum Gasteiger partial charge on any atom is -0.396 e. The molecule has 0 aliphatic carbocycles. The summed E-state index contributed by atoms with van der Waals surface area (Å²) in [5.41, 5.74) is 1.32. The third-order valence-electron chi connectivity index (χ3n) is 2.11. The first-order valence-electron chi connectivity index (χ1n) is 4.12. The zero-order chi connectivity index (χ0) is 10.0. The third-order valence-corrected chi connectivity index (χ3v) is 2.11. The average molecular weight is 186 g/mol. The summed E-state index contributed by atoms with van der Waals surface area (Å²) in [6, 6.07) is 2.29. The van der Waals surface area contributed by atoms with Gasteiger partial charge >= 0.3 is 0 Å². The second-order valence-corrected chi connectivity index (χ2v) is 3.21. The molecular weight excluding hydrogens is 174 g/mol. The number of aryl methyl sites for hydroxylation is 1. The van der Waals surface area contributed by atoms with Gasteiger partial charge in [-0.25, -0.2) is 8.78 Å². The number of hydrogen-bond donors (Lipinski definition) is 1. The molecular formula is C10H12F2O. The standard InChI is InChI=1S/C10H12F2O/c1-6-3-9(11)10(12)4-8(6)7(2)5-13/h3-4,7,13H,5H2,1-2H3. The van der Waals surface area contributed by atoms with Crippen molar-refractivity contribution >= 4 is 0 Å². The van der Waals surface area contributed by atoms with Crippen LogP contribution in [0.3, 0.4) is 0 Å². The number of aliphatic hydroxyl groups excluding tert-OH is 1. The summed E-state index contributed by atoms with van der Waals surface area (Å²) < 4.78 is 25.5. The molecule has 1 nitrogen and oxygen atoms in total. The molecule has 0 spiro atoms. The lowest BCUT2D eigenvalue weighted by Gasteiger charge is -2.11. The quantitative estimate of drug-likeness (QED) is 0.751. The predicted molar refractivity (Wildman–Crippen MR) is 46.6 cm³/mol. The van der Waals surface area contributed by atoms with E-state index in [-0.39, 0.29) is 12.5 Å². The normalized spacial score (nSPS) is 13.0. The molecule has 72 valence electrons. The van der Waals surface area contributed by atoms with Gasteiger partial charge in [-0.2, -0.15) is 0 Å². The molecule has 0 aliphatic heterocycles. The Kier molecular flexibility index (Phi) is 2.98. The van der Waals surface area contributed by atoms with Crippen molar-refractivity contribution in [3.05, 3.63) is 34.9 Å². The number of rotatable bonds is 2. The fourth-order valence-electron chi connectivity index (χ4n) is 1.29. The molecule has 0 bridgehead atoms. The monoisotopic (exact) mass is 186 g/mol. The molecule has 1 aromatic rings. The van der Waals surface area contributed by atoms with E-state index in [1.807, 2.05) is 0 Å². The van der Waals surface area contributed by atoms with Crippen molar-refractivity contribution in [3.8, 4) is 0 Å². The maximum atomic E-state index is 12.8. The number of aliphatic hydroxyl groups is 1.